The predicted octanol–water partition coefficient (Wildman–Crippen LogP) is 0.646. The maximum atomic E-state index is 5.36. The lowest BCUT2D eigenvalue weighted by Gasteiger charge is -2.39. The van der Waals surface area contributed by atoms with E-state index in [1.54, 1.807) is 0 Å². The van der Waals surface area contributed by atoms with Gasteiger partial charge in [-0.15, -0.1) is 0 Å². The van der Waals surface area contributed by atoms with Crippen LogP contribution in [-0.2, 0) is 4.84 Å². The predicted molar refractivity (Wildman–Crippen MR) is 61.1 cm³/mol. The zero-order chi connectivity index (χ0) is 10.7. The van der Waals surface area contributed by atoms with Gasteiger partial charge in [0.15, 0.2) is 0 Å². The fraction of sp³-hybridized carbons (Fsp3) is 0.909. The Morgan fingerprint density at radius 2 is 2.13 bits per heavy atom. The van der Waals surface area contributed by atoms with Gasteiger partial charge in [-0.2, -0.15) is 0 Å². The molecular formula is C11H21N3O. The first kappa shape index (κ1) is 10.9. The maximum absolute atomic E-state index is 5.36. The molecule has 0 saturated carbocycles. The lowest BCUT2D eigenvalue weighted by atomic mass is 9.87. The summed E-state index contributed by atoms with van der Waals surface area (Å²) in [6, 6.07) is 0. The van der Waals surface area contributed by atoms with Crippen molar-refractivity contribution in [3.05, 3.63) is 0 Å². The Labute approximate surface area is 91.9 Å². The normalized spacial score (nSPS) is 32.6. The van der Waals surface area contributed by atoms with Crippen LogP contribution in [0.3, 0.4) is 0 Å². The third kappa shape index (κ3) is 2.92. The molecule has 3 fully saturated rings. The van der Waals surface area contributed by atoms with Gasteiger partial charge in [0.1, 0.15) is 6.61 Å². The summed E-state index contributed by atoms with van der Waals surface area (Å²) in [5, 5.41) is 4.29. The van der Waals surface area contributed by atoms with Gasteiger partial charge in [-0.1, -0.05) is 5.16 Å². The van der Waals surface area contributed by atoms with E-state index in [1.807, 2.05) is 14.1 Å². The molecule has 0 N–H and O–H groups in total. The SMILES string of the molecule is CN(C)CCO/N=C1\CN2CCC1CC2. The van der Waals surface area contributed by atoms with E-state index in [0.29, 0.717) is 12.5 Å². The standard InChI is InChI=1S/C11H21N3O/c1-13(2)7-8-15-12-11-9-14-5-3-10(11)4-6-14/h10H,3-9H2,1-2H3/b12-11+. The molecule has 3 aliphatic rings. The number of fused-ring (bicyclic) bond motifs is 3. The molecule has 0 aromatic rings. The van der Waals surface area contributed by atoms with Crippen LogP contribution in [0.1, 0.15) is 12.8 Å². The first-order valence-electron chi connectivity index (χ1n) is 5.81. The minimum absolute atomic E-state index is 0.698. The van der Waals surface area contributed by atoms with Crippen LogP contribution in [0.15, 0.2) is 5.16 Å². The van der Waals surface area contributed by atoms with E-state index in [9.17, 15) is 0 Å². The Hall–Kier alpha value is -0.610. The molecule has 3 saturated heterocycles. The van der Waals surface area contributed by atoms with Gasteiger partial charge >= 0.3 is 0 Å². The quantitative estimate of drug-likeness (QED) is 0.505. The monoisotopic (exact) mass is 211 g/mol. The van der Waals surface area contributed by atoms with Crippen molar-refractivity contribution < 1.29 is 4.84 Å². The lowest BCUT2D eigenvalue weighted by Crippen LogP contribution is -2.48. The summed E-state index contributed by atoms with van der Waals surface area (Å²) >= 11 is 0. The lowest BCUT2D eigenvalue weighted by molar-refractivity contribution is 0.115. The summed E-state index contributed by atoms with van der Waals surface area (Å²) in [7, 11) is 4.09. The van der Waals surface area contributed by atoms with Crippen molar-refractivity contribution in [3.63, 3.8) is 0 Å². The van der Waals surface area contributed by atoms with Crippen LogP contribution in [0.2, 0.25) is 0 Å². The molecule has 3 heterocycles. The molecule has 0 spiro atoms. The molecule has 3 rings (SSSR count). The highest BCUT2D eigenvalue weighted by molar-refractivity contribution is 5.89. The van der Waals surface area contributed by atoms with Crippen LogP contribution in [0.4, 0.5) is 0 Å². The Morgan fingerprint density at radius 1 is 1.40 bits per heavy atom. The van der Waals surface area contributed by atoms with E-state index in [0.717, 1.165) is 13.1 Å². The van der Waals surface area contributed by atoms with E-state index in [4.69, 9.17) is 4.84 Å². The van der Waals surface area contributed by atoms with E-state index < -0.39 is 0 Å². The number of likely N-dealkylation sites (N-methyl/N-ethyl adjacent to an activating group) is 1. The van der Waals surface area contributed by atoms with Gasteiger partial charge in [-0.3, -0.25) is 4.90 Å². The van der Waals surface area contributed by atoms with E-state index in [2.05, 4.69) is 15.0 Å². The summed E-state index contributed by atoms with van der Waals surface area (Å²) in [6.45, 7) is 5.17. The second-order valence-corrected chi connectivity index (χ2v) is 4.77. The Balaban J connectivity index is 1.76. The molecule has 3 aliphatic heterocycles. The average Bonchev–Trinajstić information content (AvgIpc) is 2.26. The number of hydrogen-bond donors (Lipinski definition) is 0. The Kier molecular flexibility index (Phi) is 3.59. The zero-order valence-electron chi connectivity index (χ0n) is 9.78. The van der Waals surface area contributed by atoms with Gasteiger partial charge in [0, 0.05) is 19.0 Å². The number of oxime groups is 1. The highest BCUT2D eigenvalue weighted by Gasteiger charge is 2.31. The van der Waals surface area contributed by atoms with Gasteiger partial charge < -0.3 is 9.74 Å². The summed E-state index contributed by atoms with van der Waals surface area (Å²) < 4.78 is 0. The second kappa shape index (κ2) is 4.94. The van der Waals surface area contributed by atoms with Crippen molar-refractivity contribution in [1.82, 2.24) is 9.80 Å². The van der Waals surface area contributed by atoms with Crippen LogP contribution >= 0.6 is 0 Å². The summed E-state index contributed by atoms with van der Waals surface area (Å²) in [6.07, 6.45) is 2.55. The molecule has 2 bridgehead atoms. The van der Waals surface area contributed by atoms with Crippen molar-refractivity contribution in [2.75, 3.05) is 46.9 Å². The van der Waals surface area contributed by atoms with Crippen molar-refractivity contribution >= 4 is 5.71 Å². The minimum Gasteiger partial charge on any atom is -0.394 e. The molecule has 0 amide bonds. The van der Waals surface area contributed by atoms with Crippen molar-refractivity contribution in [1.29, 1.82) is 0 Å². The maximum Gasteiger partial charge on any atom is 0.129 e. The van der Waals surface area contributed by atoms with Crippen molar-refractivity contribution in [3.8, 4) is 0 Å². The molecule has 0 radical (unpaired) electrons. The molecule has 4 heteroatoms. The molecular weight excluding hydrogens is 190 g/mol. The second-order valence-electron chi connectivity index (χ2n) is 4.77. The molecule has 0 unspecified atom stereocenters. The fourth-order valence-corrected chi connectivity index (χ4v) is 2.24. The Bertz CT molecular complexity index is 232. The molecule has 0 aliphatic carbocycles. The van der Waals surface area contributed by atoms with Crippen molar-refractivity contribution in [2.24, 2.45) is 11.1 Å². The van der Waals surface area contributed by atoms with Gasteiger partial charge in [-0.05, 0) is 40.0 Å². The van der Waals surface area contributed by atoms with Crippen LogP contribution < -0.4 is 0 Å². The fourth-order valence-electron chi connectivity index (χ4n) is 2.24. The van der Waals surface area contributed by atoms with Crippen molar-refractivity contribution in [2.45, 2.75) is 12.8 Å². The smallest absolute Gasteiger partial charge is 0.129 e. The molecule has 86 valence electrons. The largest absolute Gasteiger partial charge is 0.394 e. The van der Waals surface area contributed by atoms with Gasteiger partial charge in [0.2, 0.25) is 0 Å². The average molecular weight is 211 g/mol. The number of hydrogen-bond acceptors (Lipinski definition) is 4. The highest BCUT2D eigenvalue weighted by Crippen LogP contribution is 2.25. The number of rotatable bonds is 4. The van der Waals surface area contributed by atoms with Crippen LogP contribution in [-0.4, -0.2) is 62.4 Å². The van der Waals surface area contributed by atoms with Crippen LogP contribution in [0, 0.1) is 5.92 Å². The van der Waals surface area contributed by atoms with Gasteiger partial charge in [0.25, 0.3) is 0 Å². The number of nitrogens with zero attached hydrogens (tertiary/aromatic N) is 3. The zero-order valence-corrected chi connectivity index (χ0v) is 9.78. The summed E-state index contributed by atoms with van der Waals surface area (Å²) in [5.41, 5.74) is 1.27. The minimum atomic E-state index is 0.698. The highest BCUT2D eigenvalue weighted by atomic mass is 16.6. The van der Waals surface area contributed by atoms with E-state index >= 15 is 0 Å². The molecule has 0 atom stereocenters. The number of piperidine rings is 3. The molecule has 15 heavy (non-hydrogen) atoms. The van der Waals surface area contributed by atoms with Crippen LogP contribution in [0.5, 0.6) is 0 Å². The summed E-state index contributed by atoms with van der Waals surface area (Å²) in [5.74, 6) is 0.703. The first-order valence-corrected chi connectivity index (χ1v) is 5.81. The first-order chi connectivity index (χ1) is 7.25. The van der Waals surface area contributed by atoms with E-state index in [1.165, 1.54) is 31.6 Å². The molecule has 0 aromatic heterocycles. The molecule has 0 aromatic carbocycles. The third-order valence-electron chi connectivity index (χ3n) is 3.26. The molecule has 4 nitrogen and oxygen atoms in total. The van der Waals surface area contributed by atoms with Gasteiger partial charge in [0.05, 0.1) is 5.71 Å². The van der Waals surface area contributed by atoms with Crippen LogP contribution in [0.25, 0.3) is 0 Å². The Morgan fingerprint density at radius 3 is 2.67 bits per heavy atom. The topological polar surface area (TPSA) is 28.1 Å². The third-order valence-corrected chi connectivity index (χ3v) is 3.26. The summed E-state index contributed by atoms with van der Waals surface area (Å²) in [4.78, 5) is 9.93. The van der Waals surface area contributed by atoms with E-state index in [-0.39, 0.29) is 0 Å². The van der Waals surface area contributed by atoms with Gasteiger partial charge in [-0.25, -0.2) is 0 Å².